The molecule has 0 aliphatic rings. The number of aromatic hydroxyl groups is 1. The van der Waals surface area contributed by atoms with E-state index in [0.717, 1.165) is 5.56 Å². The summed E-state index contributed by atoms with van der Waals surface area (Å²) in [5, 5.41) is 34.0. The first-order valence-corrected chi connectivity index (χ1v) is 9.83. The molecule has 0 saturated carbocycles. The van der Waals surface area contributed by atoms with E-state index in [9.17, 15) is 29.7 Å². The molecular weight excluding hydrogens is 376 g/mol. The largest absolute Gasteiger partial charge is 0.508 e. The zero-order valence-corrected chi connectivity index (χ0v) is 17.8. The van der Waals surface area contributed by atoms with Crippen LogP contribution < -0.4 is 10.6 Å². The fourth-order valence-corrected chi connectivity index (χ4v) is 2.67. The van der Waals surface area contributed by atoms with E-state index in [1.165, 1.54) is 19.1 Å². The van der Waals surface area contributed by atoms with Gasteiger partial charge in [0.25, 0.3) is 0 Å². The number of carbonyl (C=O) groups excluding carboxylic acids is 2. The molecule has 1 rings (SSSR count). The number of carboxylic acid groups (broad SMARTS) is 1. The molecule has 0 aromatic heterocycles. The second-order valence-electron chi connectivity index (χ2n) is 7.04. The van der Waals surface area contributed by atoms with Gasteiger partial charge in [0, 0.05) is 19.4 Å². The Bertz CT molecular complexity index is 645. The molecule has 0 unspecified atom stereocenters. The van der Waals surface area contributed by atoms with Crippen molar-refractivity contribution >= 4 is 17.8 Å². The highest BCUT2D eigenvalue weighted by atomic mass is 16.4. The lowest BCUT2D eigenvalue weighted by Gasteiger charge is -2.25. The van der Waals surface area contributed by atoms with Crippen LogP contribution in [0.25, 0.3) is 0 Å². The first-order chi connectivity index (χ1) is 13.6. The molecule has 8 nitrogen and oxygen atoms in total. The normalized spacial score (nSPS) is 13.5. The van der Waals surface area contributed by atoms with E-state index in [0.29, 0.717) is 0 Å². The van der Waals surface area contributed by atoms with Gasteiger partial charge in [0.2, 0.25) is 11.8 Å². The molecule has 1 aromatic rings. The van der Waals surface area contributed by atoms with E-state index in [1.54, 1.807) is 12.1 Å². The van der Waals surface area contributed by atoms with Gasteiger partial charge in [-0.15, -0.1) is 0 Å². The number of benzene rings is 1. The molecule has 0 fully saturated rings. The molecule has 0 radical (unpaired) electrons. The van der Waals surface area contributed by atoms with Gasteiger partial charge < -0.3 is 26.0 Å². The molecular formula is C21H34N2O6. The summed E-state index contributed by atoms with van der Waals surface area (Å²) in [6.45, 7) is 9.05. The fraction of sp³-hybridized carbons (Fsp3) is 0.571. The lowest BCUT2D eigenvalue weighted by molar-refractivity contribution is -0.144. The molecule has 1 aromatic carbocycles. The van der Waals surface area contributed by atoms with Gasteiger partial charge in [-0.05, 0) is 36.5 Å². The highest BCUT2D eigenvalue weighted by Crippen LogP contribution is 2.17. The molecule has 2 amide bonds. The maximum Gasteiger partial charge on any atom is 0.326 e. The van der Waals surface area contributed by atoms with Crippen LogP contribution >= 0.6 is 0 Å². The van der Waals surface area contributed by atoms with Crippen LogP contribution in [0.4, 0.5) is 0 Å². The molecule has 164 valence electrons. The second-order valence-corrected chi connectivity index (χ2v) is 7.04. The quantitative estimate of drug-likeness (QED) is 0.398. The molecule has 0 aliphatic carbocycles. The monoisotopic (exact) mass is 410 g/mol. The summed E-state index contributed by atoms with van der Waals surface area (Å²) in [5.41, 5.74) is 0.756. The van der Waals surface area contributed by atoms with Crippen LogP contribution in [0.3, 0.4) is 0 Å². The van der Waals surface area contributed by atoms with Gasteiger partial charge in [-0.1, -0.05) is 39.8 Å². The molecule has 5 N–H and O–H groups in total. The van der Waals surface area contributed by atoms with Crippen molar-refractivity contribution in [2.75, 3.05) is 6.54 Å². The molecule has 0 aliphatic heterocycles. The third kappa shape index (κ3) is 10.5. The number of hydrogen-bond donors (Lipinski definition) is 5. The topological polar surface area (TPSA) is 136 Å². The van der Waals surface area contributed by atoms with Crippen LogP contribution in [0, 0.1) is 11.8 Å². The molecule has 0 saturated heterocycles. The number of aliphatic hydroxyl groups is 1. The Labute approximate surface area is 172 Å². The maximum absolute atomic E-state index is 12.4. The lowest BCUT2D eigenvalue weighted by atomic mass is 9.92. The van der Waals surface area contributed by atoms with Gasteiger partial charge in [-0.2, -0.15) is 0 Å². The third-order valence-corrected chi connectivity index (χ3v) is 4.08. The number of carboxylic acids is 1. The van der Waals surface area contributed by atoms with Crippen LogP contribution in [0.1, 0.15) is 46.6 Å². The van der Waals surface area contributed by atoms with Gasteiger partial charge >= 0.3 is 5.97 Å². The Morgan fingerprint density at radius 3 is 2.07 bits per heavy atom. The van der Waals surface area contributed by atoms with E-state index in [2.05, 4.69) is 10.6 Å². The Balaban J connectivity index is 0.00000379. The number of phenolic OH excluding ortho intramolecular Hbond substituents is 1. The first-order valence-electron chi connectivity index (χ1n) is 9.83. The molecule has 29 heavy (non-hydrogen) atoms. The van der Waals surface area contributed by atoms with Gasteiger partial charge in [0.05, 0.1) is 0 Å². The summed E-state index contributed by atoms with van der Waals surface area (Å²) in [6, 6.07) is 5.18. The van der Waals surface area contributed by atoms with Crippen molar-refractivity contribution < 1.29 is 29.7 Å². The minimum atomic E-state index is -1.50. The highest BCUT2D eigenvalue weighted by molar-refractivity contribution is 5.86. The molecule has 8 heteroatoms. The van der Waals surface area contributed by atoms with Crippen LogP contribution in [0.5, 0.6) is 5.75 Å². The summed E-state index contributed by atoms with van der Waals surface area (Å²) in [7, 11) is 0. The van der Waals surface area contributed by atoms with E-state index in [4.69, 9.17) is 0 Å². The lowest BCUT2D eigenvalue weighted by Crippen LogP contribution is -2.50. The Morgan fingerprint density at radius 2 is 1.62 bits per heavy atom. The summed E-state index contributed by atoms with van der Waals surface area (Å²) in [5.74, 6) is -2.78. The number of aliphatic hydroxyl groups excluding tert-OH is 1. The molecule has 0 spiro atoms. The Kier molecular flexibility index (Phi) is 12.3. The van der Waals surface area contributed by atoms with Gasteiger partial charge in [0.1, 0.15) is 17.9 Å². The number of hydrogen-bond acceptors (Lipinski definition) is 5. The van der Waals surface area contributed by atoms with E-state index >= 15 is 0 Å². The summed E-state index contributed by atoms with van der Waals surface area (Å²) < 4.78 is 0. The summed E-state index contributed by atoms with van der Waals surface area (Å²) in [4.78, 5) is 34.9. The van der Waals surface area contributed by atoms with Gasteiger partial charge in [0.15, 0.2) is 0 Å². The zero-order valence-electron chi connectivity index (χ0n) is 17.8. The molecule has 0 heterocycles. The van der Waals surface area contributed by atoms with Crippen LogP contribution in [0.2, 0.25) is 0 Å². The Hall–Kier alpha value is -2.61. The highest BCUT2D eigenvalue weighted by Gasteiger charge is 2.30. The van der Waals surface area contributed by atoms with Crippen molar-refractivity contribution in [3.8, 4) is 5.75 Å². The summed E-state index contributed by atoms with van der Waals surface area (Å²) >= 11 is 0. The van der Waals surface area contributed by atoms with E-state index in [1.807, 2.05) is 27.7 Å². The third-order valence-electron chi connectivity index (χ3n) is 4.08. The molecule has 0 bridgehead atoms. The van der Waals surface area contributed by atoms with Crippen molar-refractivity contribution in [1.82, 2.24) is 10.6 Å². The van der Waals surface area contributed by atoms with E-state index < -0.39 is 29.9 Å². The van der Waals surface area contributed by atoms with Gasteiger partial charge in [-0.25, -0.2) is 4.79 Å². The first kappa shape index (κ1) is 26.4. The minimum Gasteiger partial charge on any atom is -0.508 e. The Morgan fingerprint density at radius 1 is 1.07 bits per heavy atom. The average molecular weight is 411 g/mol. The van der Waals surface area contributed by atoms with Crippen LogP contribution in [0.15, 0.2) is 24.3 Å². The molecule has 3 atom stereocenters. The summed E-state index contributed by atoms with van der Waals surface area (Å²) in [6.07, 6.45) is -1.00. The smallest absolute Gasteiger partial charge is 0.326 e. The zero-order chi connectivity index (χ0) is 22.6. The van der Waals surface area contributed by atoms with Crippen LogP contribution in [-0.4, -0.2) is 51.8 Å². The number of rotatable bonds is 10. The van der Waals surface area contributed by atoms with Crippen molar-refractivity contribution in [3.63, 3.8) is 0 Å². The number of phenols is 1. The number of amides is 2. The second kappa shape index (κ2) is 13.5. The van der Waals surface area contributed by atoms with Crippen LogP contribution in [-0.2, 0) is 20.8 Å². The van der Waals surface area contributed by atoms with Gasteiger partial charge in [-0.3, -0.25) is 9.59 Å². The standard InChI is InChI=1S/C19H28N2O6.C2H6/c1-11(2)8-16(19(26)27)21-18(25)17(24)14(10-20-12(3)22)9-13-4-6-15(23)7-5-13;1-2/h4-7,11,14,16-17,23-24H,8-10H2,1-3H3,(H,20,22)(H,21,25)(H,26,27);1-2H3/t14-,16-,17-;/m0./s1. The predicted octanol–water partition coefficient (Wildman–Crippen LogP) is 1.69. The van der Waals surface area contributed by atoms with Crippen molar-refractivity contribution in [3.05, 3.63) is 29.8 Å². The van der Waals surface area contributed by atoms with E-state index in [-0.39, 0.29) is 37.0 Å². The average Bonchev–Trinajstić information content (AvgIpc) is 2.66. The van der Waals surface area contributed by atoms with Crippen molar-refractivity contribution in [2.24, 2.45) is 11.8 Å². The number of carbonyl (C=O) groups is 3. The van der Waals surface area contributed by atoms with Crippen molar-refractivity contribution in [1.29, 1.82) is 0 Å². The SMILES string of the molecule is CC.CC(=O)NC[C@H](Cc1ccc(O)cc1)[C@H](O)C(=O)N[C@@H](CC(C)C)C(=O)O. The number of aliphatic carboxylic acids is 1. The maximum atomic E-state index is 12.4. The fourth-order valence-electron chi connectivity index (χ4n) is 2.67. The minimum absolute atomic E-state index is 0.0483. The predicted molar refractivity (Wildman–Crippen MR) is 110 cm³/mol. The number of nitrogens with one attached hydrogen (secondary N) is 2. The van der Waals surface area contributed by atoms with Crippen molar-refractivity contribution in [2.45, 2.75) is 59.6 Å².